The number of aryl methyl sites for hydroxylation is 2. The minimum atomic E-state index is -4.23. The number of aromatic hydroxyl groups is 1. The Bertz CT molecular complexity index is 562. The number of hydrogen-bond donors (Lipinski definition) is 1. The lowest BCUT2D eigenvalue weighted by atomic mass is 10.0. The molecule has 0 radical (unpaired) electrons. The summed E-state index contributed by atoms with van der Waals surface area (Å²) in [6, 6.07) is 13.7. The van der Waals surface area contributed by atoms with E-state index < -0.39 is 12.6 Å². The Balaban J connectivity index is 2.09. The van der Waals surface area contributed by atoms with Crippen LogP contribution in [0.25, 0.3) is 0 Å². The molecule has 2 aromatic carbocycles. The van der Waals surface area contributed by atoms with E-state index in [4.69, 9.17) is 0 Å². The van der Waals surface area contributed by atoms with Crippen LogP contribution in [0.5, 0.6) is 5.75 Å². The SMILES string of the molecule is Oc1ccc(CC(F)(F)F)cc1CCc1ccccc1. The molecule has 0 fully saturated rings. The van der Waals surface area contributed by atoms with Crippen LogP contribution in [0.1, 0.15) is 16.7 Å². The Morgan fingerprint density at radius 2 is 1.55 bits per heavy atom. The molecule has 106 valence electrons. The first-order valence-corrected chi connectivity index (χ1v) is 6.35. The van der Waals surface area contributed by atoms with Crippen molar-refractivity contribution < 1.29 is 18.3 Å². The van der Waals surface area contributed by atoms with E-state index in [-0.39, 0.29) is 11.3 Å². The van der Waals surface area contributed by atoms with Crippen molar-refractivity contribution >= 4 is 0 Å². The predicted octanol–water partition coefficient (Wildman–Crippen LogP) is 4.28. The molecule has 0 unspecified atom stereocenters. The second-order valence-corrected chi connectivity index (χ2v) is 4.74. The maximum atomic E-state index is 12.4. The minimum absolute atomic E-state index is 0.0480. The van der Waals surface area contributed by atoms with E-state index in [1.165, 1.54) is 18.2 Å². The van der Waals surface area contributed by atoms with E-state index >= 15 is 0 Å². The highest BCUT2D eigenvalue weighted by molar-refractivity contribution is 5.37. The van der Waals surface area contributed by atoms with Gasteiger partial charge in [-0.15, -0.1) is 0 Å². The highest BCUT2D eigenvalue weighted by Crippen LogP contribution is 2.26. The maximum Gasteiger partial charge on any atom is 0.393 e. The molecule has 2 rings (SSSR count). The van der Waals surface area contributed by atoms with Gasteiger partial charge in [0.05, 0.1) is 6.42 Å². The molecule has 0 bridgehead atoms. The molecule has 0 aliphatic heterocycles. The van der Waals surface area contributed by atoms with Gasteiger partial charge in [0.25, 0.3) is 0 Å². The lowest BCUT2D eigenvalue weighted by molar-refractivity contribution is -0.127. The molecule has 20 heavy (non-hydrogen) atoms. The minimum Gasteiger partial charge on any atom is -0.508 e. The van der Waals surface area contributed by atoms with Gasteiger partial charge < -0.3 is 5.11 Å². The average molecular weight is 280 g/mol. The van der Waals surface area contributed by atoms with E-state index in [2.05, 4.69) is 0 Å². The average Bonchev–Trinajstić information content (AvgIpc) is 2.39. The number of hydrogen-bond acceptors (Lipinski definition) is 1. The topological polar surface area (TPSA) is 20.2 Å². The summed E-state index contributed by atoms with van der Waals surface area (Å²) in [6.07, 6.45) is -4.00. The van der Waals surface area contributed by atoms with E-state index in [0.717, 1.165) is 5.56 Å². The first-order chi connectivity index (χ1) is 9.44. The monoisotopic (exact) mass is 280 g/mol. The zero-order valence-corrected chi connectivity index (χ0v) is 10.8. The summed E-state index contributed by atoms with van der Waals surface area (Å²) in [4.78, 5) is 0. The number of phenols is 1. The molecule has 0 atom stereocenters. The first-order valence-electron chi connectivity index (χ1n) is 6.35. The summed E-state index contributed by atoms with van der Waals surface area (Å²) in [7, 11) is 0. The zero-order valence-electron chi connectivity index (χ0n) is 10.8. The Hall–Kier alpha value is -1.97. The molecule has 0 aromatic heterocycles. The number of rotatable bonds is 4. The molecule has 2 aromatic rings. The summed E-state index contributed by atoms with van der Waals surface area (Å²) in [5.41, 5.74) is 1.82. The fourth-order valence-electron chi connectivity index (χ4n) is 2.10. The molecule has 0 aliphatic rings. The van der Waals surface area contributed by atoms with Crippen molar-refractivity contribution in [1.82, 2.24) is 0 Å². The van der Waals surface area contributed by atoms with E-state index in [9.17, 15) is 18.3 Å². The van der Waals surface area contributed by atoms with Crippen LogP contribution < -0.4 is 0 Å². The molecule has 1 N–H and O–H groups in total. The summed E-state index contributed by atoms with van der Waals surface area (Å²) in [5, 5.41) is 9.73. The van der Waals surface area contributed by atoms with Gasteiger partial charge in [-0.25, -0.2) is 0 Å². The summed E-state index contributed by atoms with van der Waals surface area (Å²) in [5.74, 6) is 0.0480. The van der Waals surface area contributed by atoms with Crippen molar-refractivity contribution in [2.24, 2.45) is 0 Å². The van der Waals surface area contributed by atoms with Gasteiger partial charge in [0.1, 0.15) is 5.75 Å². The second kappa shape index (κ2) is 5.99. The summed E-state index contributed by atoms with van der Waals surface area (Å²) >= 11 is 0. The van der Waals surface area contributed by atoms with Crippen LogP contribution >= 0.6 is 0 Å². The first kappa shape index (κ1) is 14.4. The van der Waals surface area contributed by atoms with Crippen molar-refractivity contribution in [2.75, 3.05) is 0 Å². The molecule has 0 aliphatic carbocycles. The standard InChI is InChI=1S/C16H15F3O/c17-16(18,19)11-13-7-9-15(20)14(10-13)8-6-12-4-2-1-3-5-12/h1-5,7,9-10,20H,6,8,11H2. The van der Waals surface area contributed by atoms with Crippen LogP contribution in [0.4, 0.5) is 13.2 Å². The van der Waals surface area contributed by atoms with Gasteiger partial charge in [-0.1, -0.05) is 42.5 Å². The zero-order chi connectivity index (χ0) is 14.6. The fourth-order valence-corrected chi connectivity index (χ4v) is 2.10. The van der Waals surface area contributed by atoms with Gasteiger partial charge in [0.15, 0.2) is 0 Å². The van der Waals surface area contributed by atoms with Crippen molar-refractivity contribution in [1.29, 1.82) is 0 Å². The quantitative estimate of drug-likeness (QED) is 0.886. The number of halogens is 3. The Morgan fingerprint density at radius 1 is 0.850 bits per heavy atom. The lowest BCUT2D eigenvalue weighted by Gasteiger charge is -2.10. The number of phenolic OH excluding ortho intramolecular Hbond substituents is 1. The van der Waals surface area contributed by atoms with E-state index in [0.29, 0.717) is 18.4 Å². The third-order valence-corrected chi connectivity index (χ3v) is 3.07. The molecule has 4 heteroatoms. The van der Waals surface area contributed by atoms with Crippen LogP contribution in [0, 0.1) is 0 Å². The van der Waals surface area contributed by atoms with Crippen LogP contribution in [-0.4, -0.2) is 11.3 Å². The van der Waals surface area contributed by atoms with Gasteiger partial charge in [0, 0.05) is 0 Å². The van der Waals surface area contributed by atoms with Gasteiger partial charge in [-0.2, -0.15) is 13.2 Å². The molecule has 0 amide bonds. The fraction of sp³-hybridized carbons (Fsp3) is 0.250. The molecule has 0 saturated heterocycles. The van der Waals surface area contributed by atoms with E-state index in [1.54, 1.807) is 0 Å². The normalized spacial score (nSPS) is 11.6. The Morgan fingerprint density at radius 3 is 2.20 bits per heavy atom. The van der Waals surface area contributed by atoms with Gasteiger partial charge in [0.2, 0.25) is 0 Å². The molecular weight excluding hydrogens is 265 g/mol. The van der Waals surface area contributed by atoms with Gasteiger partial charge in [-0.05, 0) is 35.6 Å². The van der Waals surface area contributed by atoms with Gasteiger partial charge in [-0.3, -0.25) is 0 Å². The Kier molecular flexibility index (Phi) is 4.32. The van der Waals surface area contributed by atoms with Crippen molar-refractivity contribution in [3.8, 4) is 5.75 Å². The van der Waals surface area contributed by atoms with Crippen LogP contribution in [-0.2, 0) is 19.3 Å². The number of alkyl halides is 3. The van der Waals surface area contributed by atoms with Crippen molar-refractivity contribution in [3.05, 3.63) is 65.2 Å². The molecular formula is C16H15F3O. The predicted molar refractivity (Wildman–Crippen MR) is 71.7 cm³/mol. The second-order valence-electron chi connectivity index (χ2n) is 4.74. The third kappa shape index (κ3) is 4.30. The maximum absolute atomic E-state index is 12.4. The largest absolute Gasteiger partial charge is 0.508 e. The van der Waals surface area contributed by atoms with Crippen LogP contribution in [0.2, 0.25) is 0 Å². The number of benzene rings is 2. The van der Waals surface area contributed by atoms with E-state index in [1.807, 2.05) is 30.3 Å². The highest BCUT2D eigenvalue weighted by atomic mass is 19.4. The molecule has 0 heterocycles. The highest BCUT2D eigenvalue weighted by Gasteiger charge is 2.27. The summed E-state index contributed by atoms with van der Waals surface area (Å²) < 4.78 is 37.1. The lowest BCUT2D eigenvalue weighted by Crippen LogP contribution is -2.11. The molecule has 0 saturated carbocycles. The van der Waals surface area contributed by atoms with Crippen LogP contribution in [0.3, 0.4) is 0 Å². The Labute approximate surface area is 115 Å². The summed E-state index contributed by atoms with van der Waals surface area (Å²) in [6.45, 7) is 0. The third-order valence-electron chi connectivity index (χ3n) is 3.07. The van der Waals surface area contributed by atoms with Crippen molar-refractivity contribution in [2.45, 2.75) is 25.4 Å². The van der Waals surface area contributed by atoms with Crippen molar-refractivity contribution in [3.63, 3.8) is 0 Å². The van der Waals surface area contributed by atoms with Crippen LogP contribution in [0.15, 0.2) is 48.5 Å². The smallest absolute Gasteiger partial charge is 0.393 e. The molecule has 0 spiro atoms. The van der Waals surface area contributed by atoms with Gasteiger partial charge >= 0.3 is 6.18 Å². The molecule has 1 nitrogen and oxygen atoms in total.